The Labute approximate surface area is 104 Å². The molecule has 2 fully saturated rings. The van der Waals surface area contributed by atoms with Gasteiger partial charge in [0.25, 0.3) is 0 Å². The highest BCUT2D eigenvalue weighted by molar-refractivity contribution is 8.22. The van der Waals surface area contributed by atoms with Gasteiger partial charge in [-0.25, -0.2) is 0 Å². The van der Waals surface area contributed by atoms with Crippen molar-refractivity contribution in [1.82, 2.24) is 0 Å². The molecule has 5 heteroatoms. The van der Waals surface area contributed by atoms with Crippen LogP contribution in [0.4, 0.5) is 0 Å². The first-order valence-electron chi connectivity index (χ1n) is 6.34. The SMILES string of the molecule is C1CCC([SiH2]SCCCOCC2CO2)OC1. The fourth-order valence-electron chi connectivity index (χ4n) is 1.80. The van der Waals surface area contributed by atoms with Crippen molar-refractivity contribution in [2.45, 2.75) is 37.5 Å². The molecular weight excluding hydrogens is 240 g/mol. The van der Waals surface area contributed by atoms with Crippen LogP contribution in [-0.4, -0.2) is 52.7 Å². The average molecular weight is 262 g/mol. The van der Waals surface area contributed by atoms with Gasteiger partial charge in [-0.1, -0.05) is 0 Å². The van der Waals surface area contributed by atoms with Crippen molar-refractivity contribution >= 4 is 19.9 Å². The number of rotatable bonds is 8. The first kappa shape index (κ1) is 12.9. The molecule has 0 spiro atoms. The maximum Gasteiger partial charge on any atom is 0.118 e. The zero-order valence-electron chi connectivity index (χ0n) is 9.86. The first-order chi connectivity index (χ1) is 7.95. The van der Waals surface area contributed by atoms with Gasteiger partial charge in [0.2, 0.25) is 0 Å². The molecule has 0 amide bonds. The molecule has 2 rings (SSSR count). The standard InChI is InChI=1S/C11H22O3SSi/c1-2-6-13-11(4-1)16-15-7-3-5-12-8-10-9-14-10/h10-11H,1-9,16H2. The van der Waals surface area contributed by atoms with Gasteiger partial charge >= 0.3 is 0 Å². The van der Waals surface area contributed by atoms with E-state index in [0.717, 1.165) is 26.4 Å². The van der Waals surface area contributed by atoms with Gasteiger partial charge in [-0.05, 0) is 31.4 Å². The molecule has 0 N–H and O–H groups in total. The minimum absolute atomic E-state index is 0.0578. The van der Waals surface area contributed by atoms with E-state index < -0.39 is 0 Å². The fraction of sp³-hybridized carbons (Fsp3) is 1.00. The predicted molar refractivity (Wildman–Crippen MR) is 69.8 cm³/mol. The molecule has 2 aliphatic rings. The van der Waals surface area contributed by atoms with E-state index in [9.17, 15) is 0 Å². The molecule has 0 bridgehead atoms. The third-order valence-electron chi connectivity index (χ3n) is 2.86. The summed E-state index contributed by atoms with van der Waals surface area (Å²) in [5.74, 6) is 1.25. The topological polar surface area (TPSA) is 31.0 Å². The smallest absolute Gasteiger partial charge is 0.118 e. The molecule has 0 aliphatic carbocycles. The summed E-state index contributed by atoms with van der Waals surface area (Å²) < 4.78 is 16.3. The van der Waals surface area contributed by atoms with E-state index in [-0.39, 0.29) is 8.67 Å². The van der Waals surface area contributed by atoms with E-state index in [1.165, 1.54) is 31.4 Å². The van der Waals surface area contributed by atoms with Crippen molar-refractivity contribution in [1.29, 1.82) is 0 Å². The minimum Gasteiger partial charge on any atom is -0.381 e. The van der Waals surface area contributed by atoms with Crippen LogP contribution in [0.5, 0.6) is 0 Å². The minimum atomic E-state index is -0.0578. The van der Waals surface area contributed by atoms with E-state index in [1.54, 1.807) is 0 Å². The van der Waals surface area contributed by atoms with Crippen molar-refractivity contribution in [3.8, 4) is 0 Å². The molecule has 94 valence electrons. The third kappa shape index (κ3) is 5.68. The summed E-state index contributed by atoms with van der Waals surface area (Å²) in [5.41, 5.74) is 0.652. The Morgan fingerprint density at radius 1 is 1.31 bits per heavy atom. The summed E-state index contributed by atoms with van der Waals surface area (Å²) in [6.45, 7) is 3.60. The number of ether oxygens (including phenoxy) is 3. The maximum absolute atomic E-state index is 5.74. The predicted octanol–water partition coefficient (Wildman–Crippen LogP) is 1.14. The Kier molecular flexibility index (Phi) is 6.21. The number of epoxide rings is 1. The monoisotopic (exact) mass is 262 g/mol. The molecule has 0 aromatic carbocycles. The summed E-state index contributed by atoms with van der Waals surface area (Å²) in [7, 11) is -0.0578. The highest BCUT2D eigenvalue weighted by atomic mass is 32.4. The van der Waals surface area contributed by atoms with Crippen LogP contribution in [0.2, 0.25) is 0 Å². The highest BCUT2D eigenvalue weighted by Crippen LogP contribution is 2.15. The molecule has 0 aromatic rings. The molecule has 0 aromatic heterocycles. The van der Waals surface area contributed by atoms with Gasteiger partial charge in [0.1, 0.15) is 14.8 Å². The lowest BCUT2D eigenvalue weighted by atomic mass is 10.2. The second kappa shape index (κ2) is 7.71. The van der Waals surface area contributed by atoms with Crippen LogP contribution in [0.15, 0.2) is 0 Å². The van der Waals surface area contributed by atoms with Gasteiger partial charge in [0, 0.05) is 13.2 Å². The van der Waals surface area contributed by atoms with Crippen LogP contribution < -0.4 is 0 Å². The molecule has 3 nitrogen and oxygen atoms in total. The maximum atomic E-state index is 5.74. The fourth-order valence-corrected chi connectivity index (χ4v) is 5.96. The lowest BCUT2D eigenvalue weighted by molar-refractivity contribution is 0.0668. The van der Waals surface area contributed by atoms with Gasteiger partial charge < -0.3 is 14.2 Å². The van der Waals surface area contributed by atoms with Crippen LogP contribution in [-0.2, 0) is 14.2 Å². The van der Waals surface area contributed by atoms with Crippen LogP contribution in [0.25, 0.3) is 0 Å². The quantitative estimate of drug-likeness (QED) is 0.373. The summed E-state index contributed by atoms with van der Waals surface area (Å²) in [4.78, 5) is 0. The van der Waals surface area contributed by atoms with Crippen molar-refractivity contribution < 1.29 is 14.2 Å². The van der Waals surface area contributed by atoms with E-state index in [2.05, 4.69) is 11.2 Å². The number of hydrogen-bond donors (Lipinski definition) is 0. The summed E-state index contributed by atoms with van der Waals surface area (Å²) in [5, 5.41) is 0. The second-order valence-electron chi connectivity index (χ2n) is 4.45. The lowest BCUT2D eigenvalue weighted by Gasteiger charge is -2.21. The Bertz CT molecular complexity index is 184. The van der Waals surface area contributed by atoms with Crippen molar-refractivity contribution in [3.63, 3.8) is 0 Å². The van der Waals surface area contributed by atoms with Crippen molar-refractivity contribution in [3.05, 3.63) is 0 Å². The molecule has 16 heavy (non-hydrogen) atoms. The van der Waals surface area contributed by atoms with Gasteiger partial charge in [-0.2, -0.15) is 11.2 Å². The molecule has 2 saturated heterocycles. The molecule has 2 atom stereocenters. The van der Waals surface area contributed by atoms with Gasteiger partial charge in [0.05, 0.1) is 18.9 Å². The zero-order valence-corrected chi connectivity index (χ0v) is 12.1. The molecular formula is C11H22O3SSi. The Balaban J connectivity index is 1.33. The van der Waals surface area contributed by atoms with Crippen LogP contribution in [0, 0.1) is 0 Å². The van der Waals surface area contributed by atoms with E-state index >= 15 is 0 Å². The molecule has 2 aliphatic heterocycles. The lowest BCUT2D eigenvalue weighted by Crippen LogP contribution is -2.24. The average Bonchev–Trinajstić information content (AvgIpc) is 3.13. The first-order valence-corrected chi connectivity index (χ1v) is 10.0. The van der Waals surface area contributed by atoms with Crippen LogP contribution >= 0.6 is 11.2 Å². The largest absolute Gasteiger partial charge is 0.381 e. The van der Waals surface area contributed by atoms with Crippen LogP contribution in [0.1, 0.15) is 25.7 Å². The van der Waals surface area contributed by atoms with E-state index in [0.29, 0.717) is 11.8 Å². The van der Waals surface area contributed by atoms with Gasteiger partial charge in [0.15, 0.2) is 0 Å². The molecule has 0 saturated carbocycles. The third-order valence-corrected chi connectivity index (χ3v) is 7.38. The van der Waals surface area contributed by atoms with Crippen molar-refractivity contribution in [2.24, 2.45) is 0 Å². The molecule has 0 radical (unpaired) electrons. The highest BCUT2D eigenvalue weighted by Gasteiger charge is 2.21. The second-order valence-corrected chi connectivity index (χ2v) is 8.73. The number of hydrogen-bond acceptors (Lipinski definition) is 4. The molecule has 2 heterocycles. The van der Waals surface area contributed by atoms with Crippen molar-refractivity contribution in [2.75, 3.05) is 32.2 Å². The van der Waals surface area contributed by atoms with E-state index in [1.807, 2.05) is 0 Å². The van der Waals surface area contributed by atoms with Gasteiger partial charge in [-0.3, -0.25) is 0 Å². The normalized spacial score (nSPS) is 30.0. The summed E-state index contributed by atoms with van der Waals surface area (Å²) in [6, 6.07) is 0. The summed E-state index contributed by atoms with van der Waals surface area (Å²) in [6.07, 6.45) is 5.55. The Hall–Kier alpha value is 0.447. The van der Waals surface area contributed by atoms with Crippen LogP contribution in [0.3, 0.4) is 0 Å². The van der Waals surface area contributed by atoms with E-state index in [4.69, 9.17) is 14.2 Å². The molecule has 2 unspecified atom stereocenters. The van der Waals surface area contributed by atoms with Gasteiger partial charge in [-0.15, -0.1) is 0 Å². The summed E-state index contributed by atoms with van der Waals surface area (Å²) >= 11 is 2.14. The Morgan fingerprint density at radius 3 is 3.00 bits per heavy atom. The zero-order chi connectivity index (χ0) is 11.1. The Morgan fingerprint density at radius 2 is 2.25 bits per heavy atom.